The Labute approximate surface area is 150 Å². The fraction of sp³-hybridized carbons (Fsp3) is 0.294. The second kappa shape index (κ2) is 9.33. The van der Waals surface area contributed by atoms with Crippen LogP contribution in [0, 0.1) is 20.2 Å². The molecular weight excluding hydrogens is 340 g/mol. The number of nitrogens with one attached hydrogen (secondary N) is 2. The Morgan fingerprint density at radius 2 is 1.12 bits per heavy atom. The minimum atomic E-state index is -0.508. The standard InChI is InChI=1S/C17H20N4O5/c22-17(9-11-18-13-1-5-15(6-2-13)20(23)24)10-12-19-14-3-7-16(8-4-14)21(25)26/h1-8,17-19,22H,9-12H2. The van der Waals surface area contributed by atoms with Crippen LogP contribution in [-0.2, 0) is 0 Å². The lowest BCUT2D eigenvalue weighted by molar-refractivity contribution is -0.385. The van der Waals surface area contributed by atoms with Crippen LogP contribution in [0.1, 0.15) is 12.8 Å². The lowest BCUT2D eigenvalue weighted by Crippen LogP contribution is -2.17. The van der Waals surface area contributed by atoms with Gasteiger partial charge in [-0.05, 0) is 37.1 Å². The summed E-state index contributed by atoms with van der Waals surface area (Å²) in [6.07, 6.45) is 0.545. The van der Waals surface area contributed by atoms with Gasteiger partial charge in [0, 0.05) is 48.7 Å². The molecule has 0 amide bonds. The average molecular weight is 360 g/mol. The van der Waals surface area contributed by atoms with Gasteiger partial charge in [0.15, 0.2) is 0 Å². The molecule has 0 aliphatic carbocycles. The molecule has 26 heavy (non-hydrogen) atoms. The summed E-state index contributed by atoms with van der Waals surface area (Å²) >= 11 is 0. The van der Waals surface area contributed by atoms with Crippen LogP contribution in [0.3, 0.4) is 0 Å². The summed E-state index contributed by atoms with van der Waals surface area (Å²) in [6.45, 7) is 1.08. The Morgan fingerprint density at radius 1 is 0.769 bits per heavy atom. The highest BCUT2D eigenvalue weighted by atomic mass is 16.6. The van der Waals surface area contributed by atoms with E-state index in [9.17, 15) is 25.3 Å². The van der Waals surface area contributed by atoms with Crippen LogP contribution in [0.5, 0.6) is 0 Å². The number of hydrogen-bond donors (Lipinski definition) is 3. The van der Waals surface area contributed by atoms with E-state index in [4.69, 9.17) is 0 Å². The number of nitro benzene ring substituents is 2. The lowest BCUT2D eigenvalue weighted by Gasteiger charge is -2.13. The van der Waals surface area contributed by atoms with E-state index in [2.05, 4.69) is 10.6 Å². The van der Waals surface area contributed by atoms with Gasteiger partial charge < -0.3 is 15.7 Å². The van der Waals surface area contributed by atoms with Gasteiger partial charge in [-0.2, -0.15) is 0 Å². The molecular formula is C17H20N4O5. The third-order valence-electron chi connectivity index (χ3n) is 3.77. The minimum absolute atomic E-state index is 0.0351. The summed E-state index contributed by atoms with van der Waals surface area (Å²) in [4.78, 5) is 20.3. The Balaban J connectivity index is 1.64. The smallest absolute Gasteiger partial charge is 0.269 e. The number of anilines is 2. The van der Waals surface area contributed by atoms with Crippen LogP contribution in [0.15, 0.2) is 48.5 Å². The van der Waals surface area contributed by atoms with E-state index in [-0.39, 0.29) is 11.4 Å². The fourth-order valence-corrected chi connectivity index (χ4v) is 2.31. The quantitative estimate of drug-likeness (QED) is 0.438. The number of non-ortho nitro benzene ring substituents is 2. The van der Waals surface area contributed by atoms with Crippen molar-refractivity contribution in [1.82, 2.24) is 0 Å². The molecule has 0 saturated heterocycles. The number of hydrogen-bond acceptors (Lipinski definition) is 7. The van der Waals surface area contributed by atoms with Gasteiger partial charge in [-0.25, -0.2) is 0 Å². The summed E-state index contributed by atoms with van der Waals surface area (Å²) in [5.74, 6) is 0. The van der Waals surface area contributed by atoms with Gasteiger partial charge >= 0.3 is 0 Å². The maximum absolute atomic E-state index is 10.6. The van der Waals surface area contributed by atoms with E-state index in [1.807, 2.05) is 0 Å². The van der Waals surface area contributed by atoms with Crippen LogP contribution in [0.25, 0.3) is 0 Å². The van der Waals surface area contributed by atoms with Gasteiger partial charge in [-0.1, -0.05) is 0 Å². The van der Waals surface area contributed by atoms with E-state index in [0.717, 1.165) is 11.4 Å². The normalized spacial score (nSPS) is 10.5. The lowest BCUT2D eigenvalue weighted by atomic mass is 10.1. The van der Waals surface area contributed by atoms with E-state index < -0.39 is 16.0 Å². The molecule has 0 fully saturated rings. The van der Waals surface area contributed by atoms with Crippen molar-refractivity contribution in [2.75, 3.05) is 23.7 Å². The first-order valence-corrected chi connectivity index (χ1v) is 8.10. The van der Waals surface area contributed by atoms with Crippen LogP contribution in [0.4, 0.5) is 22.7 Å². The predicted molar refractivity (Wildman–Crippen MR) is 98.4 cm³/mol. The first-order chi connectivity index (χ1) is 12.5. The molecule has 0 aromatic heterocycles. The van der Waals surface area contributed by atoms with Crippen LogP contribution >= 0.6 is 0 Å². The minimum Gasteiger partial charge on any atom is -0.393 e. The van der Waals surface area contributed by atoms with Crippen LogP contribution in [-0.4, -0.2) is 34.1 Å². The molecule has 0 atom stereocenters. The number of rotatable bonds is 10. The Morgan fingerprint density at radius 3 is 1.42 bits per heavy atom. The molecule has 0 unspecified atom stereocenters. The molecule has 0 radical (unpaired) electrons. The molecule has 138 valence electrons. The summed E-state index contributed by atoms with van der Waals surface area (Å²) in [5, 5.41) is 37.3. The van der Waals surface area contributed by atoms with Crippen LogP contribution < -0.4 is 10.6 Å². The Hall–Kier alpha value is -3.20. The summed E-state index contributed by atoms with van der Waals surface area (Å²) in [5.41, 5.74) is 1.58. The van der Waals surface area contributed by atoms with E-state index in [0.29, 0.717) is 25.9 Å². The zero-order valence-corrected chi connectivity index (χ0v) is 14.0. The van der Waals surface area contributed by atoms with Crippen molar-refractivity contribution in [2.24, 2.45) is 0 Å². The van der Waals surface area contributed by atoms with Crippen molar-refractivity contribution in [3.63, 3.8) is 0 Å². The molecule has 0 spiro atoms. The third kappa shape index (κ3) is 6.02. The van der Waals surface area contributed by atoms with Gasteiger partial charge in [-0.3, -0.25) is 20.2 Å². The van der Waals surface area contributed by atoms with E-state index >= 15 is 0 Å². The second-order valence-electron chi connectivity index (χ2n) is 5.69. The summed E-state index contributed by atoms with van der Waals surface area (Å²) in [7, 11) is 0. The molecule has 3 N–H and O–H groups in total. The van der Waals surface area contributed by atoms with Crippen molar-refractivity contribution < 1.29 is 15.0 Å². The van der Waals surface area contributed by atoms with Crippen LogP contribution in [0.2, 0.25) is 0 Å². The SMILES string of the molecule is O=[N+]([O-])c1ccc(NCCC(O)CCNc2ccc([N+](=O)[O-])cc2)cc1. The number of nitrogens with zero attached hydrogens (tertiary/aromatic N) is 2. The van der Waals surface area contributed by atoms with Crippen molar-refractivity contribution in [3.05, 3.63) is 68.8 Å². The van der Waals surface area contributed by atoms with E-state index in [1.54, 1.807) is 24.3 Å². The molecule has 2 aromatic carbocycles. The van der Waals surface area contributed by atoms with Crippen molar-refractivity contribution in [2.45, 2.75) is 18.9 Å². The first kappa shape index (κ1) is 19.1. The summed E-state index contributed by atoms with van der Waals surface area (Å²) in [6, 6.07) is 12.2. The van der Waals surface area contributed by atoms with Gasteiger partial charge in [0.2, 0.25) is 0 Å². The largest absolute Gasteiger partial charge is 0.393 e. The zero-order chi connectivity index (χ0) is 18.9. The highest BCUT2D eigenvalue weighted by molar-refractivity contribution is 5.49. The maximum atomic E-state index is 10.6. The highest BCUT2D eigenvalue weighted by Crippen LogP contribution is 2.16. The molecule has 9 heteroatoms. The highest BCUT2D eigenvalue weighted by Gasteiger charge is 2.07. The van der Waals surface area contributed by atoms with Gasteiger partial charge in [0.05, 0.1) is 16.0 Å². The number of benzene rings is 2. The zero-order valence-electron chi connectivity index (χ0n) is 14.0. The molecule has 2 rings (SSSR count). The molecule has 9 nitrogen and oxygen atoms in total. The number of aliphatic hydroxyl groups excluding tert-OH is 1. The molecule has 0 saturated carbocycles. The molecule has 0 aliphatic rings. The Bertz CT molecular complexity index is 670. The van der Waals surface area contributed by atoms with E-state index in [1.165, 1.54) is 24.3 Å². The number of nitro groups is 2. The maximum Gasteiger partial charge on any atom is 0.269 e. The molecule has 2 aromatic rings. The van der Waals surface area contributed by atoms with Crippen molar-refractivity contribution in [3.8, 4) is 0 Å². The third-order valence-corrected chi connectivity index (χ3v) is 3.77. The number of aliphatic hydroxyl groups is 1. The second-order valence-corrected chi connectivity index (χ2v) is 5.69. The molecule has 0 aliphatic heterocycles. The first-order valence-electron chi connectivity index (χ1n) is 8.10. The molecule has 0 heterocycles. The van der Waals surface area contributed by atoms with Gasteiger partial charge in [0.1, 0.15) is 0 Å². The predicted octanol–water partition coefficient (Wildman–Crippen LogP) is 3.17. The fourth-order valence-electron chi connectivity index (χ4n) is 2.31. The summed E-state index contributed by atoms with van der Waals surface area (Å²) < 4.78 is 0. The van der Waals surface area contributed by atoms with Crippen molar-refractivity contribution in [1.29, 1.82) is 0 Å². The van der Waals surface area contributed by atoms with Crippen molar-refractivity contribution >= 4 is 22.7 Å². The Kier molecular flexibility index (Phi) is 6.86. The average Bonchev–Trinajstić information content (AvgIpc) is 2.62. The topological polar surface area (TPSA) is 131 Å². The molecule has 0 bridgehead atoms. The van der Waals surface area contributed by atoms with Gasteiger partial charge in [0.25, 0.3) is 11.4 Å². The monoisotopic (exact) mass is 360 g/mol. The van der Waals surface area contributed by atoms with Gasteiger partial charge in [-0.15, -0.1) is 0 Å².